The topological polar surface area (TPSA) is 34.8 Å². The normalized spacial score (nSPS) is 22.2. The number of piperidine rings is 1. The lowest BCUT2D eigenvalue weighted by Gasteiger charge is -2.38. The summed E-state index contributed by atoms with van der Waals surface area (Å²) in [6.07, 6.45) is 6.02. The summed E-state index contributed by atoms with van der Waals surface area (Å²) in [6.45, 7) is 3.07. The van der Waals surface area contributed by atoms with Crippen LogP contribution in [0.5, 0.6) is 5.75 Å². The highest BCUT2D eigenvalue weighted by atomic mass is 16.5. The molecule has 23 heavy (non-hydrogen) atoms. The summed E-state index contributed by atoms with van der Waals surface area (Å²) in [4.78, 5) is 2.49. The highest BCUT2D eigenvalue weighted by Crippen LogP contribution is 2.25. The number of furan rings is 1. The lowest BCUT2D eigenvalue weighted by molar-refractivity contribution is -0.00852. The van der Waals surface area contributed by atoms with Gasteiger partial charge < -0.3 is 13.9 Å². The van der Waals surface area contributed by atoms with Gasteiger partial charge in [-0.15, -0.1) is 0 Å². The van der Waals surface area contributed by atoms with Gasteiger partial charge >= 0.3 is 0 Å². The lowest BCUT2D eigenvalue weighted by Crippen LogP contribution is -2.44. The van der Waals surface area contributed by atoms with Crippen molar-refractivity contribution in [1.29, 1.82) is 0 Å². The van der Waals surface area contributed by atoms with E-state index in [2.05, 4.69) is 17.0 Å². The van der Waals surface area contributed by atoms with E-state index in [1.165, 1.54) is 11.1 Å². The minimum Gasteiger partial charge on any atom is -0.497 e. The smallest absolute Gasteiger partial charge is 0.118 e. The second-order valence-electron chi connectivity index (χ2n) is 6.24. The molecular weight excluding hydrogens is 290 g/mol. The Bertz CT molecular complexity index is 579. The molecule has 2 atom stereocenters. The van der Waals surface area contributed by atoms with Gasteiger partial charge in [-0.1, -0.05) is 12.1 Å². The second-order valence-corrected chi connectivity index (χ2v) is 6.24. The molecule has 0 saturated carbocycles. The van der Waals surface area contributed by atoms with Gasteiger partial charge in [0, 0.05) is 38.2 Å². The van der Waals surface area contributed by atoms with Crippen LogP contribution in [0, 0.1) is 5.92 Å². The van der Waals surface area contributed by atoms with E-state index in [1.54, 1.807) is 13.4 Å². The maximum atomic E-state index is 5.73. The molecule has 3 rings (SSSR count). The van der Waals surface area contributed by atoms with Gasteiger partial charge in [0.15, 0.2) is 0 Å². The van der Waals surface area contributed by atoms with Gasteiger partial charge in [0.05, 0.1) is 25.7 Å². The van der Waals surface area contributed by atoms with Crippen LogP contribution < -0.4 is 4.74 Å². The molecule has 4 nitrogen and oxygen atoms in total. The number of methoxy groups -OCH3 is 2. The summed E-state index contributed by atoms with van der Waals surface area (Å²) in [7, 11) is 3.53. The molecule has 124 valence electrons. The molecule has 1 fully saturated rings. The Morgan fingerprint density at radius 3 is 2.61 bits per heavy atom. The number of hydrogen-bond donors (Lipinski definition) is 0. The van der Waals surface area contributed by atoms with Gasteiger partial charge in [-0.2, -0.15) is 0 Å². The van der Waals surface area contributed by atoms with Crippen LogP contribution in [0.25, 0.3) is 0 Å². The molecule has 1 saturated heterocycles. The van der Waals surface area contributed by atoms with E-state index in [9.17, 15) is 0 Å². The molecule has 1 aromatic heterocycles. The average Bonchev–Trinajstić information content (AvgIpc) is 3.09. The van der Waals surface area contributed by atoms with Crippen LogP contribution in [-0.4, -0.2) is 38.3 Å². The predicted molar refractivity (Wildman–Crippen MR) is 89.6 cm³/mol. The lowest BCUT2D eigenvalue weighted by atomic mass is 9.88. The maximum absolute atomic E-state index is 5.73. The first-order valence-electron chi connectivity index (χ1n) is 8.17. The zero-order chi connectivity index (χ0) is 16.1. The molecule has 1 aliphatic rings. The molecule has 0 unspecified atom stereocenters. The van der Waals surface area contributed by atoms with E-state index in [1.807, 2.05) is 31.6 Å². The number of benzene rings is 1. The standard InChI is InChI=1S/C19H25NO3/c1-21-18-5-3-15(4-6-18)11-17-13-20(9-7-19(17)22-2)12-16-8-10-23-14-16/h3-6,8,10,14,17,19H,7,9,11-13H2,1-2H3/t17-,19-/m1/s1. The highest BCUT2D eigenvalue weighted by Gasteiger charge is 2.29. The molecule has 0 amide bonds. The molecule has 2 aromatic rings. The third-order valence-corrected chi connectivity index (χ3v) is 4.69. The Balaban J connectivity index is 1.63. The Hall–Kier alpha value is -1.78. The third kappa shape index (κ3) is 4.15. The van der Waals surface area contributed by atoms with Gasteiger partial charge in [-0.3, -0.25) is 4.90 Å². The van der Waals surface area contributed by atoms with Crippen LogP contribution in [0.3, 0.4) is 0 Å². The first kappa shape index (κ1) is 16.1. The van der Waals surface area contributed by atoms with Gasteiger partial charge in [-0.05, 0) is 36.6 Å². The second kappa shape index (κ2) is 7.66. The highest BCUT2D eigenvalue weighted by molar-refractivity contribution is 5.27. The molecule has 1 aliphatic heterocycles. The molecular formula is C19H25NO3. The summed E-state index contributed by atoms with van der Waals surface area (Å²) in [5.74, 6) is 1.41. The minimum absolute atomic E-state index is 0.331. The number of nitrogens with zero attached hydrogens (tertiary/aromatic N) is 1. The van der Waals surface area contributed by atoms with E-state index in [0.717, 1.165) is 38.2 Å². The van der Waals surface area contributed by atoms with Crippen molar-refractivity contribution in [2.24, 2.45) is 5.92 Å². The Kier molecular flexibility index (Phi) is 5.36. The van der Waals surface area contributed by atoms with Gasteiger partial charge in [0.25, 0.3) is 0 Å². The molecule has 0 radical (unpaired) electrons. The molecule has 2 heterocycles. The van der Waals surface area contributed by atoms with Crippen molar-refractivity contribution in [2.45, 2.75) is 25.5 Å². The van der Waals surface area contributed by atoms with Crippen LogP contribution in [0.1, 0.15) is 17.5 Å². The van der Waals surface area contributed by atoms with Crippen molar-refractivity contribution in [2.75, 3.05) is 27.3 Å². The molecule has 1 aromatic carbocycles. The number of rotatable bonds is 6. The molecule has 0 aliphatic carbocycles. The van der Waals surface area contributed by atoms with Crippen LogP contribution >= 0.6 is 0 Å². The van der Waals surface area contributed by atoms with Crippen molar-refractivity contribution >= 4 is 0 Å². The fourth-order valence-electron chi connectivity index (χ4n) is 3.44. The van der Waals surface area contributed by atoms with Crippen molar-refractivity contribution in [3.63, 3.8) is 0 Å². The number of likely N-dealkylation sites (tertiary alicyclic amines) is 1. The summed E-state index contributed by atoms with van der Waals surface area (Å²) in [5, 5.41) is 0. The largest absolute Gasteiger partial charge is 0.497 e. The Morgan fingerprint density at radius 1 is 1.13 bits per heavy atom. The first-order chi connectivity index (χ1) is 11.3. The summed E-state index contributed by atoms with van der Waals surface area (Å²) >= 11 is 0. The zero-order valence-electron chi connectivity index (χ0n) is 13.9. The van der Waals surface area contributed by atoms with E-state index < -0.39 is 0 Å². The predicted octanol–water partition coefficient (Wildman–Crippen LogP) is 3.37. The summed E-state index contributed by atoms with van der Waals surface area (Å²) in [6, 6.07) is 10.4. The van der Waals surface area contributed by atoms with Crippen molar-refractivity contribution < 1.29 is 13.9 Å². The zero-order valence-corrected chi connectivity index (χ0v) is 13.9. The molecule has 0 bridgehead atoms. The van der Waals surface area contributed by atoms with Crippen molar-refractivity contribution in [3.05, 3.63) is 54.0 Å². The molecule has 0 N–H and O–H groups in total. The Labute approximate surface area is 138 Å². The summed E-state index contributed by atoms with van der Waals surface area (Å²) < 4.78 is 16.1. The van der Waals surface area contributed by atoms with Crippen molar-refractivity contribution in [1.82, 2.24) is 4.90 Å². The minimum atomic E-state index is 0.331. The average molecular weight is 315 g/mol. The fourth-order valence-corrected chi connectivity index (χ4v) is 3.44. The maximum Gasteiger partial charge on any atom is 0.118 e. The van der Waals surface area contributed by atoms with Crippen LogP contribution in [0.4, 0.5) is 0 Å². The third-order valence-electron chi connectivity index (χ3n) is 4.69. The van der Waals surface area contributed by atoms with E-state index in [4.69, 9.17) is 13.9 Å². The fraction of sp³-hybridized carbons (Fsp3) is 0.474. The van der Waals surface area contributed by atoms with Gasteiger partial charge in [-0.25, -0.2) is 0 Å². The van der Waals surface area contributed by atoms with Crippen molar-refractivity contribution in [3.8, 4) is 5.75 Å². The molecule has 4 heteroatoms. The quantitative estimate of drug-likeness (QED) is 0.818. The monoisotopic (exact) mass is 315 g/mol. The molecule has 0 spiro atoms. The SMILES string of the molecule is COc1ccc(C[C@@H]2CN(Cc3ccoc3)CC[C@H]2OC)cc1. The van der Waals surface area contributed by atoms with E-state index in [-0.39, 0.29) is 0 Å². The summed E-state index contributed by atoms with van der Waals surface area (Å²) in [5.41, 5.74) is 2.58. The van der Waals surface area contributed by atoms with E-state index in [0.29, 0.717) is 12.0 Å². The van der Waals surface area contributed by atoms with Gasteiger partial charge in [0.1, 0.15) is 5.75 Å². The number of ether oxygens (including phenoxy) is 2. The van der Waals surface area contributed by atoms with Crippen LogP contribution in [0.2, 0.25) is 0 Å². The van der Waals surface area contributed by atoms with Crippen LogP contribution in [0.15, 0.2) is 47.3 Å². The Morgan fingerprint density at radius 2 is 1.96 bits per heavy atom. The van der Waals surface area contributed by atoms with E-state index >= 15 is 0 Å². The van der Waals surface area contributed by atoms with Crippen LogP contribution in [-0.2, 0) is 17.7 Å². The number of hydrogen-bond acceptors (Lipinski definition) is 4. The first-order valence-corrected chi connectivity index (χ1v) is 8.17. The van der Waals surface area contributed by atoms with Gasteiger partial charge in [0.2, 0.25) is 0 Å².